The maximum Gasteiger partial charge on any atom is 0.176 e. The Morgan fingerprint density at radius 1 is 0.539 bits per heavy atom. The quantitative estimate of drug-likeness (QED) is 0.106. The van der Waals surface area contributed by atoms with Gasteiger partial charge in [0.15, 0.2) is 5.69 Å². The van der Waals surface area contributed by atoms with Crippen LogP contribution in [0.25, 0.3) is 61.1 Å². The van der Waals surface area contributed by atoms with Gasteiger partial charge in [0.25, 0.3) is 0 Å². The van der Waals surface area contributed by atoms with Gasteiger partial charge in [0, 0.05) is 168 Å². The van der Waals surface area contributed by atoms with Crippen LogP contribution in [0.15, 0.2) is 158 Å². The Morgan fingerprint density at radius 2 is 1.18 bits per heavy atom. The zero-order valence-corrected chi connectivity index (χ0v) is 63.8. The number of nitrogens with zero attached hydrogens (tertiary/aromatic N) is 7. The van der Waals surface area contributed by atoms with Crippen molar-refractivity contribution < 1.29 is 118 Å². The van der Waals surface area contributed by atoms with Crippen LogP contribution in [0.4, 0.5) is 28.9 Å². The van der Waals surface area contributed by atoms with Crippen LogP contribution in [0.5, 0.6) is 0 Å². The summed E-state index contributed by atoms with van der Waals surface area (Å²) in [6, 6.07) is 57.9. The van der Waals surface area contributed by atoms with Gasteiger partial charge in [-0.1, -0.05) is 115 Å². The van der Waals surface area contributed by atoms with E-state index in [2.05, 4.69) is 150 Å². The van der Waals surface area contributed by atoms with Crippen LogP contribution in [0.2, 0.25) is 0 Å². The van der Waals surface area contributed by atoms with E-state index in [0.29, 0.717) is 33.8 Å². The molecule has 0 aliphatic carbocycles. The first-order valence-electron chi connectivity index (χ1n) is 27.5. The SMILES string of the molecule is CC(C)(C)Cc1cc[c-]c(-c2ccccn2)c1.CC(C)Cc1c[c-]c(-c2cc(F)ccn2)cc1.Cc1[c-]c(-c2cc(N(C)C)ccn2)cc(C)c1.Cc1cccc(-c2[c-]cc(C)c(F)c2)n1.[C-]#[N+]c1c(F)c[c-]c(-c2cc(C)cc(C)n2)c1F.[Ir].[Ir].[Ir].[Ir].[Ir]. The number of pyridine rings is 5. The Bertz CT molecular complexity index is 3800. The smallest absolute Gasteiger partial charge is 0.176 e. The van der Waals surface area contributed by atoms with E-state index in [0.717, 1.165) is 80.9 Å². The summed E-state index contributed by atoms with van der Waals surface area (Å²) in [6.07, 6.45) is 7.24. The van der Waals surface area contributed by atoms with Crippen molar-refractivity contribution in [3.63, 3.8) is 0 Å². The van der Waals surface area contributed by atoms with E-state index in [-0.39, 0.29) is 118 Å². The summed E-state index contributed by atoms with van der Waals surface area (Å²) in [5, 5.41) is 0. The molecule has 0 unspecified atom stereocenters. The Kier molecular flexibility index (Phi) is 35.9. The Labute approximate surface area is 592 Å². The number of aromatic nitrogens is 5. The normalized spacial score (nSPS) is 10.0. The van der Waals surface area contributed by atoms with Gasteiger partial charge in [-0.25, -0.2) is 8.78 Å². The van der Waals surface area contributed by atoms with Crippen molar-refractivity contribution in [1.29, 1.82) is 0 Å². The molecule has 0 aliphatic rings. The second-order valence-corrected chi connectivity index (χ2v) is 22.2. The molecule has 10 aromatic rings. The number of anilines is 1. The maximum absolute atomic E-state index is 14.0. The topological polar surface area (TPSA) is 72.1 Å². The van der Waals surface area contributed by atoms with E-state index in [1.165, 1.54) is 41.1 Å². The minimum Gasteiger partial charge on any atom is -0.378 e. The summed E-state index contributed by atoms with van der Waals surface area (Å²) in [7, 11) is 4.06. The van der Waals surface area contributed by atoms with Gasteiger partial charge in [-0.3, -0.25) is 13.6 Å². The molecule has 0 atom stereocenters. The first-order chi connectivity index (χ1) is 39.9. The van der Waals surface area contributed by atoms with Gasteiger partial charge in [-0.05, 0) is 97.5 Å². The minimum atomic E-state index is -0.914. The fourth-order valence-electron chi connectivity index (χ4n) is 8.68. The minimum absolute atomic E-state index is 0. The molecule has 10 rings (SSSR count). The molecule has 0 fully saturated rings. The molecule has 0 amide bonds. The molecule has 5 aromatic heterocycles. The van der Waals surface area contributed by atoms with Crippen LogP contribution in [0, 0.1) is 113 Å². The molecule has 5 aromatic carbocycles. The number of halogens is 4. The standard InChI is InChI=1S/C16H18N.C15H15FN.C15H17N2.C14H9F2N2.C13H11FN.5Ir/c1-16(2,3)12-13-7-6-8-14(11-13)15-9-4-5-10-17-15;1-11(2)9-12-3-5-13(6-4-12)15-10-14(16)7-8-17-15;1-11-7-12(2)9-13(8-11)15-10-14(17(3)4)5-6-16-15;1-8-6-9(2)18-12(7-8)10-4-5-11(15)14(17-3)13(10)16;1-9-6-7-11(8-12(9)14)13-5-3-4-10(2)15-13;;;;;/h4-7,9-11H,12H2,1-3H3;3-5,7-8,10-11H,9H2,1-2H3;5-8,10H,1-4H3;5-7H,1-2H3;3-6,8H,1-2H3;;;;;/q5*-1;;;;;. The molecule has 0 saturated heterocycles. The van der Waals surface area contributed by atoms with Crippen LogP contribution in [0.3, 0.4) is 0 Å². The number of aryl methyl sites for hydroxylation is 6. The predicted octanol–water partition coefficient (Wildman–Crippen LogP) is 18.5. The van der Waals surface area contributed by atoms with Crippen molar-refractivity contribution in [2.45, 2.75) is 89.0 Å². The third-order valence-corrected chi connectivity index (χ3v) is 12.5. The van der Waals surface area contributed by atoms with Crippen molar-refractivity contribution in [3.8, 4) is 56.3 Å². The number of rotatable bonds is 9. The van der Waals surface area contributed by atoms with E-state index < -0.39 is 17.3 Å². The van der Waals surface area contributed by atoms with Gasteiger partial charge in [-0.2, -0.15) is 0 Å². The van der Waals surface area contributed by atoms with E-state index in [1.807, 2.05) is 107 Å². The molecule has 7 nitrogen and oxygen atoms in total. The van der Waals surface area contributed by atoms with Crippen LogP contribution < -0.4 is 4.90 Å². The van der Waals surface area contributed by atoms with Gasteiger partial charge in [0.05, 0.1) is 6.57 Å². The molecular formula is C73H70F4Ir5N7-5. The Hall–Kier alpha value is -5.89. The van der Waals surface area contributed by atoms with Gasteiger partial charge in [0.1, 0.15) is 5.82 Å². The summed E-state index contributed by atoms with van der Waals surface area (Å²) < 4.78 is 53.5. The van der Waals surface area contributed by atoms with Crippen molar-refractivity contribution in [3.05, 3.63) is 268 Å². The van der Waals surface area contributed by atoms with E-state index >= 15 is 0 Å². The van der Waals surface area contributed by atoms with E-state index in [1.54, 1.807) is 26.0 Å². The summed E-state index contributed by atoms with van der Waals surface area (Å²) in [5.74, 6) is -1.68. The summed E-state index contributed by atoms with van der Waals surface area (Å²) in [4.78, 5) is 26.3. The molecule has 0 aliphatic heterocycles. The molecule has 0 spiro atoms. The van der Waals surface area contributed by atoms with E-state index in [9.17, 15) is 17.6 Å². The third-order valence-electron chi connectivity index (χ3n) is 12.5. The third kappa shape index (κ3) is 26.5. The summed E-state index contributed by atoms with van der Waals surface area (Å²) >= 11 is 0. The molecule has 89 heavy (non-hydrogen) atoms. The number of hydrogen-bond donors (Lipinski definition) is 0. The largest absolute Gasteiger partial charge is 0.378 e. The zero-order chi connectivity index (χ0) is 61.1. The molecule has 5 radical (unpaired) electrons. The fraction of sp³-hybridized carbons (Fsp3) is 0.233. The summed E-state index contributed by atoms with van der Waals surface area (Å²) in [6.45, 7) is 29.3. The fourth-order valence-corrected chi connectivity index (χ4v) is 8.68. The monoisotopic (exact) mass is 2090 g/mol. The van der Waals surface area contributed by atoms with Crippen molar-refractivity contribution >= 4 is 11.4 Å². The molecule has 475 valence electrons. The molecule has 0 saturated carbocycles. The molecular weight excluding hydrogens is 2010 g/mol. The summed E-state index contributed by atoms with van der Waals surface area (Å²) in [5.41, 5.74) is 16.4. The number of benzene rings is 5. The Balaban J connectivity index is 0.000000549. The van der Waals surface area contributed by atoms with Crippen LogP contribution >= 0.6 is 0 Å². The van der Waals surface area contributed by atoms with Crippen molar-refractivity contribution in [2.24, 2.45) is 11.3 Å². The molecule has 0 N–H and O–H groups in total. The Morgan fingerprint density at radius 3 is 1.76 bits per heavy atom. The molecule has 5 heterocycles. The maximum atomic E-state index is 14.0. The first-order valence-corrected chi connectivity index (χ1v) is 27.5. The second kappa shape index (κ2) is 39.4. The van der Waals surface area contributed by atoms with Crippen LogP contribution in [-0.4, -0.2) is 39.0 Å². The van der Waals surface area contributed by atoms with Crippen LogP contribution in [0.1, 0.15) is 79.4 Å². The van der Waals surface area contributed by atoms with E-state index in [4.69, 9.17) is 6.57 Å². The predicted molar refractivity (Wildman–Crippen MR) is 333 cm³/mol. The van der Waals surface area contributed by atoms with Crippen LogP contribution in [-0.2, 0) is 113 Å². The molecule has 16 heteroatoms. The molecule has 0 bridgehead atoms. The van der Waals surface area contributed by atoms with Gasteiger partial charge >= 0.3 is 0 Å². The van der Waals surface area contributed by atoms with Gasteiger partial charge < -0.3 is 29.8 Å². The first kappa shape index (κ1) is 81.1. The second-order valence-electron chi connectivity index (χ2n) is 22.2. The van der Waals surface area contributed by atoms with Crippen molar-refractivity contribution in [1.82, 2.24) is 24.9 Å². The number of hydrogen-bond acceptors (Lipinski definition) is 6. The average molecular weight is 2080 g/mol. The zero-order valence-electron chi connectivity index (χ0n) is 51.8. The van der Waals surface area contributed by atoms with Crippen molar-refractivity contribution in [2.75, 3.05) is 19.0 Å². The average Bonchev–Trinajstić information content (AvgIpc) is 3.35. The van der Waals surface area contributed by atoms with Gasteiger partial charge in [0.2, 0.25) is 0 Å². The van der Waals surface area contributed by atoms with Gasteiger partial charge in [-0.15, -0.1) is 147 Å².